The van der Waals surface area contributed by atoms with E-state index in [2.05, 4.69) is 29.2 Å². The third kappa shape index (κ3) is 3.93. The van der Waals surface area contributed by atoms with Crippen molar-refractivity contribution < 1.29 is 9.47 Å². The van der Waals surface area contributed by atoms with Crippen LogP contribution in [0, 0.1) is 0 Å². The summed E-state index contributed by atoms with van der Waals surface area (Å²) in [6.07, 6.45) is 2.77. The molecule has 4 heteroatoms. The zero-order valence-electron chi connectivity index (χ0n) is 11.8. The molecule has 0 aliphatic carbocycles. The second kappa shape index (κ2) is 6.89. The molecule has 1 saturated heterocycles. The number of hydrogen-bond donors (Lipinski definition) is 1. The topological polar surface area (TPSA) is 47.7 Å². The molecule has 1 aliphatic heterocycles. The molecule has 1 heterocycles. The molecule has 1 aromatic carbocycles. The van der Waals surface area contributed by atoms with Gasteiger partial charge in [-0.2, -0.15) is 0 Å². The van der Waals surface area contributed by atoms with Crippen LogP contribution in [0.3, 0.4) is 0 Å². The summed E-state index contributed by atoms with van der Waals surface area (Å²) in [6.45, 7) is 2.11. The average Bonchev–Trinajstić information content (AvgIpc) is 2.46. The zero-order valence-corrected chi connectivity index (χ0v) is 11.8. The van der Waals surface area contributed by atoms with Crippen molar-refractivity contribution in [1.82, 2.24) is 0 Å². The smallest absolute Gasteiger partial charge is 0.160 e. The minimum atomic E-state index is -0.168. The van der Waals surface area contributed by atoms with Gasteiger partial charge in [0.15, 0.2) is 6.29 Å². The lowest BCUT2D eigenvalue weighted by Crippen LogP contribution is -2.39. The first-order valence-electron chi connectivity index (χ1n) is 6.88. The summed E-state index contributed by atoms with van der Waals surface area (Å²) >= 11 is 0. The highest BCUT2D eigenvalue weighted by Gasteiger charge is 2.16. The molecule has 0 aromatic heterocycles. The number of rotatable bonds is 5. The molecule has 0 atom stereocenters. The molecule has 4 nitrogen and oxygen atoms in total. The van der Waals surface area contributed by atoms with E-state index >= 15 is 0 Å². The van der Waals surface area contributed by atoms with Gasteiger partial charge in [-0.15, -0.1) is 0 Å². The molecule has 0 spiro atoms. The molecule has 0 amide bonds. The van der Waals surface area contributed by atoms with Crippen molar-refractivity contribution in [3.63, 3.8) is 0 Å². The number of anilines is 1. The van der Waals surface area contributed by atoms with Crippen LogP contribution in [-0.2, 0) is 15.9 Å². The maximum absolute atomic E-state index is 5.93. The summed E-state index contributed by atoms with van der Waals surface area (Å²) < 4.78 is 10.4. The van der Waals surface area contributed by atoms with Crippen LogP contribution >= 0.6 is 0 Å². The number of piperidine rings is 1. The monoisotopic (exact) mass is 264 g/mol. The molecule has 1 aliphatic rings. The summed E-state index contributed by atoms with van der Waals surface area (Å²) in [5.41, 5.74) is 8.44. The Labute approximate surface area is 115 Å². The summed E-state index contributed by atoms with van der Waals surface area (Å²) in [7, 11) is 3.33. The highest BCUT2D eigenvalue weighted by Crippen LogP contribution is 2.20. The summed E-state index contributed by atoms with van der Waals surface area (Å²) in [5.74, 6) is 0. The maximum Gasteiger partial charge on any atom is 0.160 e. The maximum atomic E-state index is 5.93. The summed E-state index contributed by atoms with van der Waals surface area (Å²) in [6, 6.07) is 9.02. The van der Waals surface area contributed by atoms with Gasteiger partial charge >= 0.3 is 0 Å². The van der Waals surface area contributed by atoms with Crippen molar-refractivity contribution in [2.75, 3.05) is 32.2 Å². The Kier molecular flexibility index (Phi) is 5.19. The molecule has 1 fully saturated rings. The lowest BCUT2D eigenvalue weighted by atomic mass is 10.0. The van der Waals surface area contributed by atoms with Crippen LogP contribution in [-0.4, -0.2) is 39.6 Å². The molecular formula is C15H24N2O2. The minimum Gasteiger partial charge on any atom is -0.371 e. The zero-order chi connectivity index (χ0) is 13.7. The molecule has 19 heavy (non-hydrogen) atoms. The fraction of sp³-hybridized carbons (Fsp3) is 0.600. The standard InChI is InChI=1S/C15H24N2O2/c1-18-15(19-2)11-12-3-5-14(6-4-12)17-9-7-13(16)8-10-17/h3-6,13,15H,7-11,16H2,1-2H3. The van der Waals surface area contributed by atoms with Crippen molar-refractivity contribution in [3.8, 4) is 0 Å². The van der Waals surface area contributed by atoms with Crippen LogP contribution in [0.25, 0.3) is 0 Å². The number of hydrogen-bond acceptors (Lipinski definition) is 4. The number of methoxy groups -OCH3 is 2. The van der Waals surface area contributed by atoms with Gasteiger partial charge < -0.3 is 20.1 Å². The third-order valence-corrected chi connectivity index (χ3v) is 3.77. The minimum absolute atomic E-state index is 0.168. The molecular weight excluding hydrogens is 240 g/mol. The lowest BCUT2D eigenvalue weighted by Gasteiger charge is -2.32. The molecule has 0 saturated carbocycles. The largest absolute Gasteiger partial charge is 0.371 e. The van der Waals surface area contributed by atoms with Crippen molar-refractivity contribution in [1.29, 1.82) is 0 Å². The number of ether oxygens (including phenoxy) is 2. The Balaban J connectivity index is 1.94. The molecule has 0 unspecified atom stereocenters. The number of benzene rings is 1. The molecule has 106 valence electrons. The number of nitrogens with two attached hydrogens (primary N) is 1. The van der Waals surface area contributed by atoms with E-state index in [0.29, 0.717) is 6.04 Å². The predicted octanol–water partition coefficient (Wildman–Crippen LogP) is 1.78. The first kappa shape index (κ1) is 14.3. The van der Waals surface area contributed by atoms with Crippen LogP contribution in [0.15, 0.2) is 24.3 Å². The van der Waals surface area contributed by atoms with Gasteiger partial charge in [-0.1, -0.05) is 12.1 Å². The SMILES string of the molecule is COC(Cc1ccc(N2CCC(N)CC2)cc1)OC. The van der Waals surface area contributed by atoms with Crippen molar-refractivity contribution in [2.45, 2.75) is 31.6 Å². The highest BCUT2D eigenvalue weighted by atomic mass is 16.7. The fourth-order valence-electron chi connectivity index (χ4n) is 2.46. The van der Waals surface area contributed by atoms with E-state index < -0.39 is 0 Å². The van der Waals surface area contributed by atoms with Crippen LogP contribution in [0.1, 0.15) is 18.4 Å². The van der Waals surface area contributed by atoms with Crippen LogP contribution < -0.4 is 10.6 Å². The van der Waals surface area contributed by atoms with E-state index in [-0.39, 0.29) is 6.29 Å². The van der Waals surface area contributed by atoms with E-state index in [0.717, 1.165) is 32.4 Å². The lowest BCUT2D eigenvalue weighted by molar-refractivity contribution is -0.100. The normalized spacial score (nSPS) is 17.2. The van der Waals surface area contributed by atoms with E-state index in [9.17, 15) is 0 Å². The van der Waals surface area contributed by atoms with Crippen LogP contribution in [0.4, 0.5) is 5.69 Å². The Morgan fingerprint density at radius 3 is 2.26 bits per heavy atom. The Morgan fingerprint density at radius 1 is 1.16 bits per heavy atom. The molecule has 2 rings (SSSR count). The Morgan fingerprint density at radius 2 is 1.74 bits per heavy atom. The summed E-state index contributed by atoms with van der Waals surface area (Å²) in [4.78, 5) is 2.40. The van der Waals surface area contributed by atoms with Gasteiger partial charge in [-0.3, -0.25) is 0 Å². The predicted molar refractivity (Wildman–Crippen MR) is 77.4 cm³/mol. The molecule has 0 radical (unpaired) electrons. The first-order chi connectivity index (χ1) is 9.22. The van der Waals surface area contributed by atoms with Crippen molar-refractivity contribution in [2.24, 2.45) is 5.73 Å². The van der Waals surface area contributed by atoms with Gasteiger partial charge in [0, 0.05) is 45.5 Å². The highest BCUT2D eigenvalue weighted by molar-refractivity contribution is 5.48. The molecule has 0 bridgehead atoms. The van der Waals surface area contributed by atoms with Gasteiger partial charge in [0.05, 0.1) is 0 Å². The Hall–Kier alpha value is -1.10. The van der Waals surface area contributed by atoms with Crippen LogP contribution in [0.2, 0.25) is 0 Å². The van der Waals surface area contributed by atoms with Crippen molar-refractivity contribution >= 4 is 5.69 Å². The molecule has 1 aromatic rings. The second-order valence-electron chi connectivity index (χ2n) is 5.10. The van der Waals surface area contributed by atoms with Crippen molar-refractivity contribution in [3.05, 3.63) is 29.8 Å². The number of nitrogens with zero attached hydrogens (tertiary/aromatic N) is 1. The Bertz CT molecular complexity index is 368. The van der Waals surface area contributed by atoms with Gasteiger partial charge in [0.1, 0.15) is 0 Å². The second-order valence-corrected chi connectivity index (χ2v) is 5.10. The van der Waals surface area contributed by atoms with Gasteiger partial charge in [0.25, 0.3) is 0 Å². The van der Waals surface area contributed by atoms with Gasteiger partial charge in [-0.05, 0) is 30.5 Å². The average molecular weight is 264 g/mol. The third-order valence-electron chi connectivity index (χ3n) is 3.77. The summed E-state index contributed by atoms with van der Waals surface area (Å²) in [5, 5.41) is 0. The fourth-order valence-corrected chi connectivity index (χ4v) is 2.46. The van der Waals surface area contributed by atoms with E-state index in [4.69, 9.17) is 15.2 Å². The quantitative estimate of drug-likeness (QED) is 0.824. The van der Waals surface area contributed by atoms with E-state index in [1.165, 1.54) is 11.3 Å². The van der Waals surface area contributed by atoms with E-state index in [1.807, 2.05) is 0 Å². The van der Waals surface area contributed by atoms with E-state index in [1.54, 1.807) is 14.2 Å². The van der Waals surface area contributed by atoms with Crippen LogP contribution in [0.5, 0.6) is 0 Å². The first-order valence-corrected chi connectivity index (χ1v) is 6.88. The van der Waals surface area contributed by atoms with Gasteiger partial charge in [0.2, 0.25) is 0 Å². The molecule has 2 N–H and O–H groups in total. The van der Waals surface area contributed by atoms with Gasteiger partial charge in [-0.25, -0.2) is 0 Å².